The van der Waals surface area contributed by atoms with Crippen LogP contribution in [0.25, 0.3) is 27.8 Å². The normalized spacial score (nSPS) is 11.1. The molecule has 136 valence electrons. The van der Waals surface area contributed by atoms with E-state index in [4.69, 9.17) is 11.5 Å². The van der Waals surface area contributed by atoms with Gasteiger partial charge in [0.15, 0.2) is 5.65 Å². The average Bonchev–Trinajstić information content (AvgIpc) is 3.10. The van der Waals surface area contributed by atoms with E-state index in [0.717, 1.165) is 40.9 Å². The summed E-state index contributed by atoms with van der Waals surface area (Å²) in [7, 11) is 0. The third-order valence-electron chi connectivity index (χ3n) is 4.56. The number of nitrogens with one attached hydrogen (secondary N) is 1. The molecule has 0 unspecified atom stereocenters. The molecule has 0 radical (unpaired) electrons. The summed E-state index contributed by atoms with van der Waals surface area (Å²) in [6.07, 6.45) is 3.58. The summed E-state index contributed by atoms with van der Waals surface area (Å²) < 4.78 is 2.06. The summed E-state index contributed by atoms with van der Waals surface area (Å²) in [6.45, 7) is 2.24. The first kappa shape index (κ1) is 17.2. The molecule has 4 rings (SSSR count). The van der Waals surface area contributed by atoms with Crippen LogP contribution < -0.4 is 16.8 Å². The molecule has 0 bridgehead atoms. The van der Waals surface area contributed by atoms with Crippen LogP contribution in [0, 0.1) is 0 Å². The van der Waals surface area contributed by atoms with Crippen molar-refractivity contribution in [3.8, 4) is 16.8 Å². The molecular formula is C21H22N6. The lowest BCUT2D eigenvalue weighted by molar-refractivity contribution is 0.695. The van der Waals surface area contributed by atoms with Gasteiger partial charge in [-0.05, 0) is 23.3 Å². The number of fused-ring (bicyclic) bond motifs is 1. The smallest absolute Gasteiger partial charge is 0.150 e. The molecule has 0 atom stereocenters. The fraction of sp³-hybridized carbons (Fsp3) is 0.143. The highest BCUT2D eigenvalue weighted by atomic mass is 15.1. The van der Waals surface area contributed by atoms with Crippen LogP contribution in [0.15, 0.2) is 67.1 Å². The fourth-order valence-electron chi connectivity index (χ4n) is 3.23. The number of benzene rings is 2. The molecule has 6 heteroatoms. The second-order valence-corrected chi connectivity index (χ2v) is 6.37. The summed E-state index contributed by atoms with van der Waals surface area (Å²) in [5, 5.41) is 4.18. The Hall–Kier alpha value is -3.22. The third kappa shape index (κ3) is 3.40. The largest absolute Gasteiger partial charge is 0.383 e. The first-order valence-electron chi connectivity index (χ1n) is 8.95. The Kier molecular flexibility index (Phi) is 4.82. The molecule has 5 N–H and O–H groups in total. The minimum absolute atomic E-state index is 0.486. The van der Waals surface area contributed by atoms with Crippen molar-refractivity contribution in [3.05, 3.63) is 72.7 Å². The fourth-order valence-corrected chi connectivity index (χ4v) is 3.23. The van der Waals surface area contributed by atoms with Gasteiger partial charge in [0.1, 0.15) is 12.1 Å². The van der Waals surface area contributed by atoms with E-state index < -0.39 is 0 Å². The van der Waals surface area contributed by atoms with Gasteiger partial charge in [0.2, 0.25) is 0 Å². The van der Waals surface area contributed by atoms with Crippen LogP contribution in [0.3, 0.4) is 0 Å². The van der Waals surface area contributed by atoms with Crippen LogP contribution in [0.1, 0.15) is 5.56 Å². The number of anilines is 1. The van der Waals surface area contributed by atoms with Gasteiger partial charge in [0.25, 0.3) is 0 Å². The van der Waals surface area contributed by atoms with Crippen molar-refractivity contribution in [1.29, 1.82) is 0 Å². The van der Waals surface area contributed by atoms with Crippen LogP contribution in [0.5, 0.6) is 0 Å². The van der Waals surface area contributed by atoms with E-state index in [2.05, 4.69) is 62.4 Å². The number of hydrogen-bond acceptors (Lipinski definition) is 5. The quantitative estimate of drug-likeness (QED) is 0.461. The average molecular weight is 358 g/mol. The van der Waals surface area contributed by atoms with Crippen LogP contribution in [-0.2, 0) is 6.54 Å². The van der Waals surface area contributed by atoms with Gasteiger partial charge >= 0.3 is 0 Å². The first-order valence-corrected chi connectivity index (χ1v) is 8.95. The number of nitrogens with two attached hydrogens (primary N) is 2. The van der Waals surface area contributed by atoms with E-state index in [1.54, 1.807) is 0 Å². The van der Waals surface area contributed by atoms with Gasteiger partial charge in [-0.25, -0.2) is 9.97 Å². The zero-order valence-corrected chi connectivity index (χ0v) is 15.0. The number of aromatic nitrogens is 3. The SMILES string of the molecule is NCCNCc1ccc(-n2cc(-c3ccccc3)c3c(N)ncnc32)cc1. The van der Waals surface area contributed by atoms with Crippen LogP contribution in [-0.4, -0.2) is 27.6 Å². The van der Waals surface area contributed by atoms with Crippen molar-refractivity contribution in [2.75, 3.05) is 18.8 Å². The Morgan fingerprint density at radius 2 is 1.74 bits per heavy atom. The lowest BCUT2D eigenvalue weighted by Gasteiger charge is -2.07. The number of nitrogens with zero attached hydrogens (tertiary/aromatic N) is 3. The van der Waals surface area contributed by atoms with Crippen molar-refractivity contribution >= 4 is 16.9 Å². The Balaban J connectivity index is 1.77. The van der Waals surface area contributed by atoms with Crippen LogP contribution in [0.4, 0.5) is 5.82 Å². The zero-order valence-electron chi connectivity index (χ0n) is 15.0. The highest BCUT2D eigenvalue weighted by Gasteiger charge is 2.15. The molecule has 0 saturated heterocycles. The molecule has 0 spiro atoms. The maximum Gasteiger partial charge on any atom is 0.150 e. The monoisotopic (exact) mass is 358 g/mol. The van der Waals surface area contributed by atoms with Gasteiger partial charge in [0, 0.05) is 37.1 Å². The van der Waals surface area contributed by atoms with E-state index in [1.807, 2.05) is 18.2 Å². The third-order valence-corrected chi connectivity index (χ3v) is 4.56. The second-order valence-electron chi connectivity index (χ2n) is 6.37. The van der Waals surface area contributed by atoms with E-state index in [-0.39, 0.29) is 0 Å². The Labute approximate surface area is 157 Å². The molecule has 0 amide bonds. The predicted octanol–water partition coefficient (Wildman–Crippen LogP) is 2.72. The Morgan fingerprint density at radius 1 is 0.963 bits per heavy atom. The van der Waals surface area contributed by atoms with Gasteiger partial charge in [-0.2, -0.15) is 0 Å². The summed E-state index contributed by atoms with van der Waals surface area (Å²) in [5.74, 6) is 0.486. The second kappa shape index (κ2) is 7.57. The van der Waals surface area contributed by atoms with Crippen LogP contribution >= 0.6 is 0 Å². The molecule has 0 aliphatic carbocycles. The van der Waals surface area contributed by atoms with Gasteiger partial charge in [-0.3, -0.25) is 0 Å². The first-order chi connectivity index (χ1) is 13.3. The standard InChI is InChI=1S/C21H22N6/c22-10-11-24-12-15-6-8-17(9-7-15)27-13-18(16-4-2-1-3-5-16)19-20(23)25-14-26-21(19)27/h1-9,13-14,24H,10-12,22H2,(H2,23,25,26). The van der Waals surface area contributed by atoms with Gasteiger partial charge in [0.05, 0.1) is 5.39 Å². The maximum absolute atomic E-state index is 6.20. The van der Waals surface area contributed by atoms with Crippen molar-refractivity contribution in [3.63, 3.8) is 0 Å². The zero-order chi connectivity index (χ0) is 18.6. The molecule has 4 aromatic rings. The summed E-state index contributed by atoms with van der Waals surface area (Å²) in [6, 6.07) is 18.6. The minimum atomic E-state index is 0.486. The number of nitrogen functional groups attached to an aromatic ring is 1. The number of rotatable bonds is 6. The molecule has 0 aliphatic rings. The molecule has 2 heterocycles. The highest BCUT2D eigenvalue weighted by Crippen LogP contribution is 2.34. The van der Waals surface area contributed by atoms with Crippen molar-refractivity contribution < 1.29 is 0 Å². The lowest BCUT2D eigenvalue weighted by Crippen LogP contribution is -2.21. The van der Waals surface area contributed by atoms with Gasteiger partial charge < -0.3 is 21.4 Å². The van der Waals surface area contributed by atoms with Crippen molar-refractivity contribution in [2.24, 2.45) is 5.73 Å². The molecule has 0 saturated carbocycles. The topological polar surface area (TPSA) is 94.8 Å². The Bertz CT molecular complexity index is 1040. The number of hydrogen-bond donors (Lipinski definition) is 3. The molecule has 6 nitrogen and oxygen atoms in total. The van der Waals surface area contributed by atoms with Crippen molar-refractivity contribution in [1.82, 2.24) is 19.9 Å². The van der Waals surface area contributed by atoms with E-state index in [9.17, 15) is 0 Å². The summed E-state index contributed by atoms with van der Waals surface area (Å²) in [5.41, 5.74) is 16.9. The van der Waals surface area contributed by atoms with Gasteiger partial charge in [-0.15, -0.1) is 0 Å². The minimum Gasteiger partial charge on any atom is -0.383 e. The summed E-state index contributed by atoms with van der Waals surface area (Å²) in [4.78, 5) is 8.68. The highest BCUT2D eigenvalue weighted by molar-refractivity contribution is 6.01. The lowest BCUT2D eigenvalue weighted by atomic mass is 10.1. The Morgan fingerprint density at radius 3 is 2.48 bits per heavy atom. The van der Waals surface area contributed by atoms with Crippen molar-refractivity contribution in [2.45, 2.75) is 6.54 Å². The molecule has 2 aromatic heterocycles. The molecule has 0 fully saturated rings. The van der Waals surface area contributed by atoms with Crippen LogP contribution in [0.2, 0.25) is 0 Å². The molecular weight excluding hydrogens is 336 g/mol. The maximum atomic E-state index is 6.20. The molecule has 27 heavy (non-hydrogen) atoms. The van der Waals surface area contributed by atoms with E-state index >= 15 is 0 Å². The summed E-state index contributed by atoms with van der Waals surface area (Å²) >= 11 is 0. The molecule has 2 aromatic carbocycles. The van der Waals surface area contributed by atoms with E-state index in [0.29, 0.717) is 12.4 Å². The van der Waals surface area contributed by atoms with Gasteiger partial charge in [-0.1, -0.05) is 42.5 Å². The van der Waals surface area contributed by atoms with E-state index in [1.165, 1.54) is 11.9 Å². The predicted molar refractivity (Wildman–Crippen MR) is 109 cm³/mol. The molecule has 0 aliphatic heterocycles.